The van der Waals surface area contributed by atoms with Crippen LogP contribution in [0.2, 0.25) is 5.02 Å². The molecule has 23 heavy (non-hydrogen) atoms. The lowest BCUT2D eigenvalue weighted by atomic mass is 10.1. The second-order valence-corrected chi connectivity index (χ2v) is 5.35. The van der Waals surface area contributed by atoms with E-state index in [1.165, 1.54) is 18.2 Å². The van der Waals surface area contributed by atoms with Gasteiger partial charge in [0.1, 0.15) is 5.75 Å². The lowest BCUT2D eigenvalue weighted by molar-refractivity contribution is -0.128. The molecule has 2 aromatic rings. The van der Waals surface area contributed by atoms with Gasteiger partial charge >= 0.3 is 0 Å². The Hall–Kier alpha value is -2.60. The Balaban J connectivity index is 1.69. The Morgan fingerprint density at radius 1 is 1.26 bits per heavy atom. The zero-order valence-electron chi connectivity index (χ0n) is 11.8. The molecule has 2 aromatic carbocycles. The molecule has 118 valence electrons. The molecule has 1 atom stereocenters. The van der Waals surface area contributed by atoms with Crippen LogP contribution in [0.4, 0.5) is 15.8 Å². The second kappa shape index (κ2) is 6.26. The van der Waals surface area contributed by atoms with Crippen molar-refractivity contribution in [2.45, 2.75) is 12.5 Å². The van der Waals surface area contributed by atoms with Crippen molar-refractivity contribution in [1.29, 1.82) is 0 Å². The highest BCUT2D eigenvalue weighted by Crippen LogP contribution is 2.30. The van der Waals surface area contributed by atoms with E-state index in [2.05, 4.69) is 10.6 Å². The predicted molar refractivity (Wildman–Crippen MR) is 84.1 cm³/mol. The summed E-state index contributed by atoms with van der Waals surface area (Å²) >= 11 is 5.65. The van der Waals surface area contributed by atoms with E-state index in [0.29, 0.717) is 11.4 Å². The number of benzene rings is 2. The number of hydrogen-bond donors (Lipinski definition) is 2. The van der Waals surface area contributed by atoms with Crippen LogP contribution in [0.15, 0.2) is 42.5 Å². The maximum Gasteiger partial charge on any atom is 0.266 e. The van der Waals surface area contributed by atoms with Gasteiger partial charge in [0.2, 0.25) is 5.91 Å². The van der Waals surface area contributed by atoms with Gasteiger partial charge in [-0.05, 0) is 24.3 Å². The molecule has 7 heteroatoms. The molecular formula is C16H12ClFN2O3. The molecule has 1 aliphatic rings. The molecule has 5 nitrogen and oxygen atoms in total. The highest BCUT2D eigenvalue weighted by Gasteiger charge is 2.29. The average Bonchev–Trinajstić information content (AvgIpc) is 2.52. The van der Waals surface area contributed by atoms with Crippen LogP contribution in [0.25, 0.3) is 0 Å². The van der Waals surface area contributed by atoms with E-state index in [0.717, 1.165) is 0 Å². The maximum atomic E-state index is 13.8. The van der Waals surface area contributed by atoms with Crippen molar-refractivity contribution in [3.8, 4) is 5.75 Å². The summed E-state index contributed by atoms with van der Waals surface area (Å²) in [4.78, 5) is 24.0. The number of fused-ring (bicyclic) bond motifs is 1. The highest BCUT2D eigenvalue weighted by molar-refractivity contribution is 6.31. The first-order chi connectivity index (χ1) is 11.0. The van der Waals surface area contributed by atoms with Crippen LogP contribution in [0.5, 0.6) is 5.75 Å². The fourth-order valence-corrected chi connectivity index (χ4v) is 2.37. The Kier molecular flexibility index (Phi) is 4.16. The molecule has 0 saturated carbocycles. The number of amides is 2. The summed E-state index contributed by atoms with van der Waals surface area (Å²) in [6.45, 7) is 0. The zero-order valence-corrected chi connectivity index (χ0v) is 12.6. The molecule has 0 aromatic heterocycles. The van der Waals surface area contributed by atoms with Gasteiger partial charge in [-0.15, -0.1) is 0 Å². The van der Waals surface area contributed by atoms with Gasteiger partial charge in [0, 0.05) is 0 Å². The molecular weight excluding hydrogens is 323 g/mol. The van der Waals surface area contributed by atoms with Gasteiger partial charge in [-0.25, -0.2) is 4.39 Å². The number of carbonyl (C=O) groups is 2. The molecule has 1 aliphatic heterocycles. The van der Waals surface area contributed by atoms with Crippen LogP contribution in [0.3, 0.4) is 0 Å². The number of para-hydroxylation sites is 2. The number of halogens is 2. The third-order valence-electron chi connectivity index (χ3n) is 3.30. The first-order valence-electron chi connectivity index (χ1n) is 6.85. The fourth-order valence-electron chi connectivity index (χ4n) is 2.20. The van der Waals surface area contributed by atoms with Crippen LogP contribution in [0, 0.1) is 5.82 Å². The van der Waals surface area contributed by atoms with E-state index in [-0.39, 0.29) is 17.1 Å². The Bertz CT molecular complexity index is 782. The van der Waals surface area contributed by atoms with Crippen molar-refractivity contribution in [2.24, 2.45) is 0 Å². The van der Waals surface area contributed by atoms with Crippen LogP contribution < -0.4 is 15.4 Å². The Morgan fingerprint density at radius 2 is 2.04 bits per heavy atom. The van der Waals surface area contributed by atoms with Crippen molar-refractivity contribution < 1.29 is 18.7 Å². The largest absolute Gasteiger partial charge is 0.478 e. The molecule has 0 bridgehead atoms. The summed E-state index contributed by atoms with van der Waals surface area (Å²) in [6, 6.07) is 11.2. The van der Waals surface area contributed by atoms with E-state index in [1.807, 2.05) is 0 Å². The van der Waals surface area contributed by atoms with E-state index in [9.17, 15) is 14.0 Å². The van der Waals surface area contributed by atoms with Crippen molar-refractivity contribution in [3.05, 3.63) is 53.3 Å². The van der Waals surface area contributed by atoms with E-state index in [1.54, 1.807) is 24.3 Å². The van der Waals surface area contributed by atoms with E-state index in [4.69, 9.17) is 16.3 Å². The number of rotatable bonds is 3. The first kappa shape index (κ1) is 15.3. The Labute approximate surface area is 136 Å². The number of anilines is 2. The van der Waals surface area contributed by atoms with Crippen LogP contribution >= 0.6 is 11.6 Å². The Morgan fingerprint density at radius 3 is 2.87 bits per heavy atom. The van der Waals surface area contributed by atoms with Crippen LogP contribution in [-0.2, 0) is 9.59 Å². The third-order valence-corrected chi connectivity index (χ3v) is 3.59. The quantitative estimate of drug-likeness (QED) is 0.905. The molecule has 0 radical (unpaired) electrons. The topological polar surface area (TPSA) is 67.4 Å². The molecule has 3 rings (SSSR count). The molecule has 0 unspecified atom stereocenters. The third kappa shape index (κ3) is 3.27. The van der Waals surface area contributed by atoms with Gasteiger partial charge < -0.3 is 15.4 Å². The number of nitrogens with one attached hydrogen (secondary N) is 2. The first-order valence-corrected chi connectivity index (χ1v) is 7.23. The zero-order chi connectivity index (χ0) is 16.4. The standard InChI is InChI=1S/C16H12ClFN2O3/c17-9-4-3-6-11(15(9)18)19-14(21)8-13-16(22)20-10-5-1-2-7-12(10)23-13/h1-7,13H,8H2,(H,19,21)(H,20,22)/t13-/m0/s1. The normalized spacial score (nSPS) is 16.1. The van der Waals surface area contributed by atoms with E-state index >= 15 is 0 Å². The van der Waals surface area contributed by atoms with Gasteiger partial charge in [-0.3, -0.25) is 9.59 Å². The number of hydrogen-bond acceptors (Lipinski definition) is 3. The van der Waals surface area contributed by atoms with Crippen molar-refractivity contribution in [2.75, 3.05) is 10.6 Å². The van der Waals surface area contributed by atoms with Crippen LogP contribution in [-0.4, -0.2) is 17.9 Å². The molecule has 1 heterocycles. The summed E-state index contributed by atoms with van der Waals surface area (Å²) < 4.78 is 19.3. The lowest BCUT2D eigenvalue weighted by Gasteiger charge is -2.25. The summed E-state index contributed by atoms with van der Waals surface area (Å²) in [5.41, 5.74) is 0.508. The average molecular weight is 335 g/mol. The summed E-state index contributed by atoms with van der Waals surface area (Å²) in [5.74, 6) is -1.21. The molecule has 0 aliphatic carbocycles. The fraction of sp³-hybridized carbons (Fsp3) is 0.125. The molecule has 2 amide bonds. The van der Waals surface area contributed by atoms with Gasteiger partial charge in [0.05, 0.1) is 22.8 Å². The summed E-state index contributed by atoms with van der Waals surface area (Å²) in [6.07, 6.45) is -1.22. The van der Waals surface area contributed by atoms with Crippen molar-refractivity contribution in [1.82, 2.24) is 0 Å². The SMILES string of the molecule is O=C(C[C@@H]1Oc2ccccc2NC1=O)Nc1cccc(Cl)c1F. The number of ether oxygens (including phenoxy) is 1. The van der Waals surface area contributed by atoms with Crippen molar-refractivity contribution >= 4 is 34.8 Å². The van der Waals surface area contributed by atoms with E-state index < -0.39 is 23.7 Å². The van der Waals surface area contributed by atoms with Gasteiger partial charge in [-0.2, -0.15) is 0 Å². The van der Waals surface area contributed by atoms with Gasteiger partial charge in [0.15, 0.2) is 11.9 Å². The second-order valence-electron chi connectivity index (χ2n) is 4.95. The molecule has 0 saturated heterocycles. The molecule has 0 spiro atoms. The summed E-state index contributed by atoms with van der Waals surface area (Å²) in [5, 5.41) is 4.95. The molecule has 0 fully saturated rings. The smallest absolute Gasteiger partial charge is 0.266 e. The minimum Gasteiger partial charge on any atom is -0.478 e. The lowest BCUT2D eigenvalue weighted by Crippen LogP contribution is -2.39. The molecule has 2 N–H and O–H groups in total. The minimum atomic E-state index is -0.979. The minimum absolute atomic E-state index is 0.0425. The number of carbonyl (C=O) groups excluding carboxylic acids is 2. The van der Waals surface area contributed by atoms with Crippen molar-refractivity contribution in [3.63, 3.8) is 0 Å². The predicted octanol–water partition coefficient (Wildman–Crippen LogP) is 3.21. The van der Waals surface area contributed by atoms with Crippen LogP contribution in [0.1, 0.15) is 6.42 Å². The highest BCUT2D eigenvalue weighted by atomic mass is 35.5. The monoisotopic (exact) mass is 334 g/mol. The van der Waals surface area contributed by atoms with Gasteiger partial charge in [-0.1, -0.05) is 29.8 Å². The maximum absolute atomic E-state index is 13.8. The summed E-state index contributed by atoms with van der Waals surface area (Å²) in [7, 11) is 0. The van der Waals surface area contributed by atoms with Gasteiger partial charge in [0.25, 0.3) is 5.91 Å².